The van der Waals surface area contributed by atoms with Crippen LogP contribution in [0.4, 0.5) is 10.2 Å². The first-order valence-electron chi connectivity index (χ1n) is 11.9. The van der Waals surface area contributed by atoms with Gasteiger partial charge in [-0.05, 0) is 56.5 Å². The number of benzene rings is 2. The van der Waals surface area contributed by atoms with Crippen LogP contribution >= 0.6 is 0 Å². The van der Waals surface area contributed by atoms with Gasteiger partial charge in [0, 0.05) is 6.61 Å². The molecule has 4 heterocycles. The Hall–Kier alpha value is -4.18. The van der Waals surface area contributed by atoms with Crippen molar-refractivity contribution >= 4 is 27.8 Å². The molecule has 1 fully saturated rings. The topological polar surface area (TPSA) is 99.8 Å². The fourth-order valence-corrected chi connectivity index (χ4v) is 4.70. The van der Waals surface area contributed by atoms with E-state index in [-0.39, 0.29) is 17.2 Å². The zero-order chi connectivity index (χ0) is 24.6. The van der Waals surface area contributed by atoms with Crippen molar-refractivity contribution in [3.05, 3.63) is 83.1 Å². The van der Waals surface area contributed by atoms with Crippen LogP contribution in [0.1, 0.15) is 44.3 Å². The predicted octanol–water partition coefficient (Wildman–Crippen LogP) is 4.54. The Morgan fingerprint density at radius 2 is 2.03 bits per heavy atom. The van der Waals surface area contributed by atoms with Crippen molar-refractivity contribution in [2.75, 3.05) is 11.9 Å². The van der Waals surface area contributed by atoms with E-state index >= 15 is 0 Å². The molecule has 1 aliphatic heterocycles. The highest BCUT2D eigenvalue weighted by atomic mass is 19.1. The summed E-state index contributed by atoms with van der Waals surface area (Å²) >= 11 is 0. The van der Waals surface area contributed by atoms with Crippen LogP contribution in [0.25, 0.3) is 27.6 Å². The molecule has 0 spiro atoms. The number of aromatic nitrogens is 6. The SMILES string of the molecule is C[C@H](Nc1nncc2c1ncn2C1CCCCO1)c1nc2ccc(F)cc2c(=O)n1-c1ccccc1. The Kier molecular flexibility index (Phi) is 5.65. The van der Waals surface area contributed by atoms with E-state index in [1.165, 1.54) is 22.8 Å². The molecule has 1 N–H and O–H groups in total. The maximum absolute atomic E-state index is 14.0. The number of hydrogen-bond donors (Lipinski definition) is 1. The first-order chi connectivity index (χ1) is 17.6. The summed E-state index contributed by atoms with van der Waals surface area (Å²) in [5, 5.41) is 12.0. The molecular formula is C26H24FN7O2. The van der Waals surface area contributed by atoms with E-state index < -0.39 is 11.9 Å². The molecule has 1 unspecified atom stereocenters. The van der Waals surface area contributed by atoms with Gasteiger partial charge in [0.1, 0.15) is 23.4 Å². The highest BCUT2D eigenvalue weighted by Gasteiger charge is 2.23. The van der Waals surface area contributed by atoms with Gasteiger partial charge in [0.15, 0.2) is 5.82 Å². The van der Waals surface area contributed by atoms with Gasteiger partial charge in [-0.25, -0.2) is 14.4 Å². The van der Waals surface area contributed by atoms with Gasteiger partial charge in [0.05, 0.1) is 40.7 Å². The van der Waals surface area contributed by atoms with Crippen LogP contribution in [-0.4, -0.2) is 35.9 Å². The average molecular weight is 486 g/mol. The summed E-state index contributed by atoms with van der Waals surface area (Å²) in [4.78, 5) is 22.9. The minimum atomic E-state index is -0.487. The molecule has 1 aliphatic rings. The lowest BCUT2D eigenvalue weighted by atomic mass is 10.2. The second-order valence-electron chi connectivity index (χ2n) is 8.87. The average Bonchev–Trinajstić information content (AvgIpc) is 3.35. The third-order valence-electron chi connectivity index (χ3n) is 6.47. The van der Waals surface area contributed by atoms with Gasteiger partial charge in [-0.3, -0.25) is 9.36 Å². The van der Waals surface area contributed by atoms with E-state index in [9.17, 15) is 9.18 Å². The molecule has 6 rings (SSSR count). The number of hydrogen-bond acceptors (Lipinski definition) is 7. The Morgan fingerprint density at radius 1 is 1.17 bits per heavy atom. The number of imidazole rings is 1. The lowest BCUT2D eigenvalue weighted by Crippen LogP contribution is -2.27. The Morgan fingerprint density at radius 3 is 2.83 bits per heavy atom. The lowest BCUT2D eigenvalue weighted by molar-refractivity contribution is -0.0295. The Balaban J connectivity index is 1.44. The quantitative estimate of drug-likeness (QED) is 0.390. The first kappa shape index (κ1) is 22.3. The van der Waals surface area contributed by atoms with Gasteiger partial charge in [-0.1, -0.05) is 18.2 Å². The minimum Gasteiger partial charge on any atom is -0.358 e. The smallest absolute Gasteiger partial charge is 0.266 e. The van der Waals surface area contributed by atoms with Gasteiger partial charge in [-0.2, -0.15) is 5.10 Å². The van der Waals surface area contributed by atoms with Crippen LogP contribution in [0.5, 0.6) is 0 Å². The molecule has 10 heteroatoms. The van der Waals surface area contributed by atoms with Crippen molar-refractivity contribution in [3.63, 3.8) is 0 Å². The summed E-state index contributed by atoms with van der Waals surface area (Å²) in [7, 11) is 0. The standard InChI is InChI=1S/C26H24FN7O2/c1-16(30-24-23-21(14-29-32-24)33(15-28-23)22-9-5-6-12-36-22)25-31-20-11-10-17(27)13-19(20)26(35)34(25)18-7-3-2-4-8-18/h2-4,7-8,10-11,13-16,22H,5-6,9,12H2,1H3,(H,30,32)/t16-,22?/m0/s1. The van der Waals surface area contributed by atoms with Crippen molar-refractivity contribution in [1.29, 1.82) is 0 Å². The molecule has 0 amide bonds. The first-order valence-corrected chi connectivity index (χ1v) is 11.9. The molecule has 182 valence electrons. The molecule has 1 saturated heterocycles. The Bertz CT molecular complexity index is 1610. The van der Waals surface area contributed by atoms with Gasteiger partial charge >= 0.3 is 0 Å². The number of halogens is 1. The second kappa shape index (κ2) is 9.12. The molecule has 0 bridgehead atoms. The van der Waals surface area contributed by atoms with Crippen molar-refractivity contribution in [3.8, 4) is 5.69 Å². The van der Waals surface area contributed by atoms with E-state index in [4.69, 9.17) is 9.72 Å². The number of nitrogens with one attached hydrogen (secondary N) is 1. The lowest BCUT2D eigenvalue weighted by Gasteiger charge is -2.24. The number of nitrogens with zero attached hydrogens (tertiary/aromatic N) is 6. The van der Waals surface area contributed by atoms with Gasteiger partial charge in [0.2, 0.25) is 0 Å². The van der Waals surface area contributed by atoms with E-state index in [0.29, 0.717) is 28.4 Å². The number of anilines is 1. The van der Waals surface area contributed by atoms with Gasteiger partial charge < -0.3 is 14.6 Å². The number of fused-ring (bicyclic) bond motifs is 2. The van der Waals surface area contributed by atoms with Crippen LogP contribution in [0, 0.1) is 5.82 Å². The van der Waals surface area contributed by atoms with Crippen LogP contribution < -0.4 is 10.9 Å². The highest BCUT2D eigenvalue weighted by Crippen LogP contribution is 2.29. The van der Waals surface area contributed by atoms with Crippen LogP contribution in [0.3, 0.4) is 0 Å². The molecule has 0 saturated carbocycles. The summed E-state index contributed by atoms with van der Waals surface area (Å²) < 4.78 is 23.4. The fourth-order valence-electron chi connectivity index (χ4n) is 4.70. The third-order valence-corrected chi connectivity index (χ3v) is 6.47. The van der Waals surface area contributed by atoms with E-state index in [1.54, 1.807) is 12.5 Å². The predicted molar refractivity (Wildman–Crippen MR) is 133 cm³/mol. The summed E-state index contributed by atoms with van der Waals surface area (Å²) in [6.07, 6.45) is 6.42. The minimum absolute atomic E-state index is 0.0796. The zero-order valence-electron chi connectivity index (χ0n) is 19.6. The fraction of sp³-hybridized carbons (Fsp3) is 0.269. The molecule has 0 aliphatic carbocycles. The maximum atomic E-state index is 14.0. The van der Waals surface area contributed by atoms with Crippen molar-refractivity contribution in [2.24, 2.45) is 0 Å². The molecule has 9 nitrogen and oxygen atoms in total. The largest absolute Gasteiger partial charge is 0.358 e. The summed E-state index contributed by atoms with van der Waals surface area (Å²) in [6, 6.07) is 12.8. The molecule has 3 aromatic heterocycles. The van der Waals surface area contributed by atoms with E-state index in [0.717, 1.165) is 31.4 Å². The molecular weight excluding hydrogens is 461 g/mol. The van der Waals surface area contributed by atoms with Crippen molar-refractivity contribution in [1.82, 2.24) is 29.3 Å². The molecule has 2 atom stereocenters. The Labute approximate surface area is 205 Å². The zero-order valence-corrected chi connectivity index (χ0v) is 19.6. The van der Waals surface area contributed by atoms with Gasteiger partial charge in [0.25, 0.3) is 5.56 Å². The van der Waals surface area contributed by atoms with Crippen LogP contribution in [0.2, 0.25) is 0 Å². The second-order valence-corrected chi connectivity index (χ2v) is 8.87. The molecule has 36 heavy (non-hydrogen) atoms. The van der Waals surface area contributed by atoms with E-state index in [1.807, 2.05) is 41.8 Å². The molecule has 0 radical (unpaired) electrons. The number of ether oxygens (including phenoxy) is 1. The highest BCUT2D eigenvalue weighted by molar-refractivity contribution is 5.85. The maximum Gasteiger partial charge on any atom is 0.266 e. The normalized spacial score (nSPS) is 16.9. The third kappa shape index (κ3) is 3.89. The molecule has 5 aromatic rings. The summed E-state index contributed by atoms with van der Waals surface area (Å²) in [5.41, 5.74) is 2.17. The number of para-hydroxylation sites is 1. The summed E-state index contributed by atoms with van der Waals surface area (Å²) in [5.74, 6) is 0.446. The monoisotopic (exact) mass is 485 g/mol. The van der Waals surface area contributed by atoms with Gasteiger partial charge in [-0.15, -0.1) is 5.10 Å². The van der Waals surface area contributed by atoms with Crippen molar-refractivity contribution < 1.29 is 9.13 Å². The molecule has 2 aromatic carbocycles. The summed E-state index contributed by atoms with van der Waals surface area (Å²) in [6.45, 7) is 2.61. The van der Waals surface area contributed by atoms with Crippen LogP contribution in [0.15, 0.2) is 65.8 Å². The van der Waals surface area contributed by atoms with E-state index in [2.05, 4.69) is 20.5 Å². The van der Waals surface area contributed by atoms with Crippen LogP contribution in [-0.2, 0) is 4.74 Å². The van der Waals surface area contributed by atoms with Crippen molar-refractivity contribution in [2.45, 2.75) is 38.5 Å². The number of rotatable bonds is 5.